The molecule has 1 unspecified atom stereocenters. The number of ether oxygens (including phenoxy) is 1. The first-order valence-corrected chi connectivity index (χ1v) is 6.60. The average molecular weight is 271 g/mol. The highest BCUT2D eigenvalue weighted by atomic mass is 35.5. The van der Waals surface area contributed by atoms with Crippen molar-refractivity contribution in [2.45, 2.75) is 38.2 Å². The first-order valence-electron chi connectivity index (χ1n) is 6.22. The van der Waals surface area contributed by atoms with E-state index in [1.54, 1.807) is 6.07 Å². The average Bonchev–Trinajstić information content (AvgIpc) is 2.84. The van der Waals surface area contributed by atoms with Gasteiger partial charge in [-0.2, -0.15) is 0 Å². The molecule has 0 radical (unpaired) electrons. The van der Waals surface area contributed by atoms with Crippen molar-refractivity contribution < 1.29 is 13.9 Å². The number of benzene rings is 1. The van der Waals surface area contributed by atoms with Gasteiger partial charge in [0.1, 0.15) is 11.6 Å². The van der Waals surface area contributed by atoms with Crippen LogP contribution in [0.15, 0.2) is 18.2 Å². The molecular weight excluding hydrogens is 255 g/mol. The second-order valence-corrected chi connectivity index (χ2v) is 5.04. The Kier molecular flexibility index (Phi) is 4.72. The van der Waals surface area contributed by atoms with Gasteiger partial charge in [0.05, 0.1) is 11.1 Å². The van der Waals surface area contributed by atoms with Crippen molar-refractivity contribution in [3.05, 3.63) is 34.6 Å². The molecule has 1 fully saturated rings. The minimum atomic E-state index is -0.471. The molecule has 18 heavy (non-hydrogen) atoms. The molecule has 98 valence electrons. The Bertz CT molecular complexity index is 428. The van der Waals surface area contributed by atoms with Crippen LogP contribution in [0.5, 0.6) is 0 Å². The van der Waals surface area contributed by atoms with Crippen molar-refractivity contribution in [1.82, 2.24) is 0 Å². The quantitative estimate of drug-likeness (QED) is 0.818. The van der Waals surface area contributed by atoms with E-state index in [0.717, 1.165) is 25.9 Å². The van der Waals surface area contributed by atoms with Crippen molar-refractivity contribution in [3.8, 4) is 0 Å². The predicted molar refractivity (Wildman–Crippen MR) is 68.3 cm³/mol. The Balaban J connectivity index is 1.80. The molecular formula is C14H16ClFO2. The van der Waals surface area contributed by atoms with E-state index in [0.29, 0.717) is 12.0 Å². The van der Waals surface area contributed by atoms with Gasteiger partial charge in [0.25, 0.3) is 0 Å². The number of carbonyl (C=O) groups is 1. The van der Waals surface area contributed by atoms with Crippen LogP contribution in [0.4, 0.5) is 4.39 Å². The minimum absolute atomic E-state index is 0.0885. The largest absolute Gasteiger partial charge is 0.378 e. The fourth-order valence-corrected chi connectivity index (χ4v) is 2.28. The SMILES string of the molecule is O=C(CCC1CCCO1)Cc1ccc(Cl)c(F)c1. The van der Waals surface area contributed by atoms with E-state index in [1.807, 2.05) is 0 Å². The summed E-state index contributed by atoms with van der Waals surface area (Å²) in [6, 6.07) is 4.50. The van der Waals surface area contributed by atoms with Gasteiger partial charge < -0.3 is 4.74 Å². The number of hydrogen-bond acceptors (Lipinski definition) is 2. The summed E-state index contributed by atoms with van der Waals surface area (Å²) in [5, 5.41) is 0.0885. The highest BCUT2D eigenvalue weighted by molar-refractivity contribution is 6.30. The third-order valence-corrected chi connectivity index (χ3v) is 3.46. The van der Waals surface area contributed by atoms with Gasteiger partial charge in [-0.3, -0.25) is 4.79 Å². The number of Topliss-reactive ketones (excluding diaryl/α,β-unsaturated/α-hetero) is 1. The summed E-state index contributed by atoms with van der Waals surface area (Å²) in [6.07, 6.45) is 3.89. The van der Waals surface area contributed by atoms with Gasteiger partial charge in [0.15, 0.2) is 0 Å². The smallest absolute Gasteiger partial charge is 0.142 e. The molecule has 1 aromatic carbocycles. The molecule has 0 saturated carbocycles. The predicted octanol–water partition coefficient (Wildman–Crippen LogP) is 3.55. The second kappa shape index (κ2) is 6.30. The maximum Gasteiger partial charge on any atom is 0.142 e. The molecule has 0 bridgehead atoms. The molecule has 1 heterocycles. The standard InChI is InChI=1S/C14H16ClFO2/c15-13-6-3-10(9-14(13)16)8-11(17)4-5-12-2-1-7-18-12/h3,6,9,12H,1-2,4-5,7-8H2. The van der Waals surface area contributed by atoms with E-state index in [1.165, 1.54) is 12.1 Å². The van der Waals surface area contributed by atoms with E-state index in [4.69, 9.17) is 16.3 Å². The van der Waals surface area contributed by atoms with E-state index >= 15 is 0 Å². The Morgan fingerprint density at radius 1 is 1.50 bits per heavy atom. The first kappa shape index (κ1) is 13.5. The maximum absolute atomic E-state index is 13.2. The summed E-state index contributed by atoms with van der Waals surface area (Å²) in [4.78, 5) is 11.8. The van der Waals surface area contributed by atoms with Crippen LogP contribution < -0.4 is 0 Å². The Morgan fingerprint density at radius 3 is 3.00 bits per heavy atom. The Hall–Kier alpha value is -0.930. The molecule has 1 aromatic rings. The number of halogens is 2. The van der Waals surface area contributed by atoms with E-state index in [2.05, 4.69) is 0 Å². The number of rotatable bonds is 5. The third-order valence-electron chi connectivity index (χ3n) is 3.15. The van der Waals surface area contributed by atoms with Crippen molar-refractivity contribution in [3.63, 3.8) is 0 Å². The lowest BCUT2D eigenvalue weighted by Crippen LogP contribution is -2.10. The Labute approximate surface area is 111 Å². The van der Waals surface area contributed by atoms with Crippen LogP contribution in [0.1, 0.15) is 31.2 Å². The van der Waals surface area contributed by atoms with E-state index in [9.17, 15) is 9.18 Å². The minimum Gasteiger partial charge on any atom is -0.378 e. The highest BCUT2D eigenvalue weighted by Crippen LogP contribution is 2.19. The second-order valence-electron chi connectivity index (χ2n) is 4.64. The van der Waals surface area contributed by atoms with Crippen LogP contribution in [0.25, 0.3) is 0 Å². The van der Waals surface area contributed by atoms with Crippen molar-refractivity contribution >= 4 is 17.4 Å². The van der Waals surface area contributed by atoms with Crippen LogP contribution in [0.2, 0.25) is 5.02 Å². The van der Waals surface area contributed by atoms with Crippen LogP contribution in [0, 0.1) is 5.82 Å². The van der Waals surface area contributed by atoms with Gasteiger partial charge in [-0.1, -0.05) is 17.7 Å². The first-order chi connectivity index (χ1) is 8.65. The molecule has 4 heteroatoms. The molecule has 2 nitrogen and oxygen atoms in total. The molecule has 0 aliphatic carbocycles. The lowest BCUT2D eigenvalue weighted by atomic mass is 10.0. The van der Waals surface area contributed by atoms with Crippen LogP contribution in [-0.4, -0.2) is 18.5 Å². The van der Waals surface area contributed by atoms with Gasteiger partial charge in [0, 0.05) is 19.4 Å². The molecule has 0 spiro atoms. The maximum atomic E-state index is 13.2. The molecule has 0 aromatic heterocycles. The van der Waals surface area contributed by atoms with Crippen molar-refractivity contribution in [2.75, 3.05) is 6.61 Å². The van der Waals surface area contributed by atoms with Crippen LogP contribution >= 0.6 is 11.6 Å². The summed E-state index contributed by atoms with van der Waals surface area (Å²) in [7, 11) is 0. The molecule has 0 N–H and O–H groups in total. The molecule has 2 rings (SSSR count). The summed E-state index contributed by atoms with van der Waals surface area (Å²) in [6.45, 7) is 0.807. The van der Waals surface area contributed by atoms with Crippen LogP contribution in [-0.2, 0) is 16.0 Å². The van der Waals surface area contributed by atoms with Crippen molar-refractivity contribution in [2.24, 2.45) is 0 Å². The summed E-state index contributed by atoms with van der Waals surface area (Å²) in [5.41, 5.74) is 0.675. The fourth-order valence-electron chi connectivity index (χ4n) is 2.16. The van der Waals surface area contributed by atoms with E-state index in [-0.39, 0.29) is 23.3 Å². The van der Waals surface area contributed by atoms with Gasteiger partial charge in [-0.05, 0) is 37.0 Å². The molecule has 1 aliphatic heterocycles. The van der Waals surface area contributed by atoms with Gasteiger partial charge in [-0.15, -0.1) is 0 Å². The van der Waals surface area contributed by atoms with E-state index < -0.39 is 5.82 Å². The van der Waals surface area contributed by atoms with Gasteiger partial charge in [-0.25, -0.2) is 4.39 Å². The van der Waals surface area contributed by atoms with Crippen LogP contribution in [0.3, 0.4) is 0 Å². The summed E-state index contributed by atoms with van der Waals surface area (Å²) < 4.78 is 18.7. The van der Waals surface area contributed by atoms with Crippen molar-refractivity contribution in [1.29, 1.82) is 0 Å². The number of ketones is 1. The molecule has 0 amide bonds. The monoisotopic (exact) mass is 270 g/mol. The molecule has 1 saturated heterocycles. The van der Waals surface area contributed by atoms with Gasteiger partial charge >= 0.3 is 0 Å². The zero-order valence-corrected chi connectivity index (χ0v) is 10.9. The zero-order valence-electron chi connectivity index (χ0n) is 10.1. The Morgan fingerprint density at radius 2 is 2.33 bits per heavy atom. The van der Waals surface area contributed by atoms with Gasteiger partial charge in [0.2, 0.25) is 0 Å². The molecule has 1 aliphatic rings. The molecule has 1 atom stereocenters. The summed E-state index contributed by atoms with van der Waals surface area (Å²) >= 11 is 5.59. The number of hydrogen-bond donors (Lipinski definition) is 0. The lowest BCUT2D eigenvalue weighted by Gasteiger charge is -2.08. The zero-order chi connectivity index (χ0) is 13.0. The fraction of sp³-hybridized carbons (Fsp3) is 0.500. The summed E-state index contributed by atoms with van der Waals surface area (Å²) in [5.74, 6) is -0.353. The lowest BCUT2D eigenvalue weighted by molar-refractivity contribution is -0.119. The normalized spacial score (nSPS) is 19.1. The topological polar surface area (TPSA) is 26.3 Å². The highest BCUT2D eigenvalue weighted by Gasteiger charge is 2.16. The number of carbonyl (C=O) groups excluding carboxylic acids is 1. The third kappa shape index (κ3) is 3.79.